The molecule has 8 nitrogen and oxygen atoms in total. The molecule has 0 saturated carbocycles. The van der Waals surface area contributed by atoms with Crippen molar-refractivity contribution in [2.45, 2.75) is 12.8 Å². The highest BCUT2D eigenvalue weighted by molar-refractivity contribution is 6.34. The summed E-state index contributed by atoms with van der Waals surface area (Å²) in [6.07, 6.45) is 1.68. The lowest BCUT2D eigenvalue weighted by atomic mass is 10.0. The van der Waals surface area contributed by atoms with Gasteiger partial charge in [-0.2, -0.15) is 0 Å². The van der Waals surface area contributed by atoms with Gasteiger partial charge in [0.25, 0.3) is 17.5 Å². The Labute approximate surface area is 166 Å². The van der Waals surface area contributed by atoms with Crippen LogP contribution in [0.3, 0.4) is 0 Å². The number of fused-ring (bicyclic) bond motifs is 1. The molecule has 0 spiro atoms. The first-order valence-electron chi connectivity index (χ1n) is 8.58. The van der Waals surface area contributed by atoms with Crippen molar-refractivity contribution in [1.82, 2.24) is 0 Å². The van der Waals surface area contributed by atoms with Crippen LogP contribution in [0, 0.1) is 10.1 Å². The molecule has 2 amide bonds. The van der Waals surface area contributed by atoms with Gasteiger partial charge in [-0.15, -0.1) is 0 Å². The zero-order chi connectivity index (χ0) is 20.3. The molecule has 0 bridgehead atoms. The number of halogens is 1. The third-order valence-electron chi connectivity index (χ3n) is 4.44. The zero-order valence-electron chi connectivity index (χ0n) is 15.1. The van der Waals surface area contributed by atoms with Crippen LogP contribution in [0.1, 0.15) is 22.3 Å². The van der Waals surface area contributed by atoms with E-state index in [2.05, 4.69) is 5.32 Å². The SMILES string of the molecule is COCC(=O)N1CCCc2ccc(NC(=O)c3cc([N+](=O)[O-])ccc3Cl)cc21. The third-order valence-corrected chi connectivity index (χ3v) is 4.77. The number of non-ortho nitro benzene ring substituents is 1. The average Bonchev–Trinajstić information content (AvgIpc) is 2.67. The number of rotatable bonds is 5. The molecule has 146 valence electrons. The number of nitro groups is 1. The summed E-state index contributed by atoms with van der Waals surface area (Å²) < 4.78 is 4.94. The molecule has 0 unspecified atom stereocenters. The Morgan fingerprint density at radius 3 is 2.79 bits per heavy atom. The van der Waals surface area contributed by atoms with Gasteiger partial charge in [-0.3, -0.25) is 19.7 Å². The van der Waals surface area contributed by atoms with E-state index in [9.17, 15) is 19.7 Å². The second-order valence-electron chi connectivity index (χ2n) is 6.30. The van der Waals surface area contributed by atoms with Gasteiger partial charge in [-0.05, 0) is 36.6 Å². The van der Waals surface area contributed by atoms with Gasteiger partial charge in [0.1, 0.15) is 6.61 Å². The van der Waals surface area contributed by atoms with E-state index >= 15 is 0 Å². The lowest BCUT2D eigenvalue weighted by Crippen LogP contribution is -2.37. The molecule has 28 heavy (non-hydrogen) atoms. The Balaban J connectivity index is 1.87. The van der Waals surface area contributed by atoms with E-state index in [1.807, 2.05) is 6.07 Å². The quantitative estimate of drug-likeness (QED) is 0.608. The van der Waals surface area contributed by atoms with Crippen molar-refractivity contribution in [3.63, 3.8) is 0 Å². The van der Waals surface area contributed by atoms with Crippen LogP contribution in [0.2, 0.25) is 5.02 Å². The maximum absolute atomic E-state index is 12.6. The van der Waals surface area contributed by atoms with E-state index in [0.29, 0.717) is 12.2 Å². The average molecular weight is 404 g/mol. The Kier molecular flexibility index (Phi) is 5.91. The molecule has 0 radical (unpaired) electrons. The Morgan fingerprint density at radius 1 is 1.29 bits per heavy atom. The minimum Gasteiger partial charge on any atom is -0.375 e. The highest BCUT2D eigenvalue weighted by Gasteiger charge is 2.23. The number of nitrogens with one attached hydrogen (secondary N) is 1. The fraction of sp³-hybridized carbons (Fsp3) is 0.263. The number of carbonyl (C=O) groups is 2. The fourth-order valence-corrected chi connectivity index (χ4v) is 3.32. The first kappa shape index (κ1) is 19.8. The Morgan fingerprint density at radius 2 is 2.07 bits per heavy atom. The van der Waals surface area contributed by atoms with Crippen LogP contribution >= 0.6 is 11.6 Å². The van der Waals surface area contributed by atoms with Gasteiger partial charge in [-0.1, -0.05) is 17.7 Å². The first-order chi connectivity index (χ1) is 13.4. The number of amides is 2. The fourth-order valence-electron chi connectivity index (χ4n) is 3.11. The second-order valence-corrected chi connectivity index (χ2v) is 6.71. The minimum atomic E-state index is -0.592. The summed E-state index contributed by atoms with van der Waals surface area (Å²) in [4.78, 5) is 36.9. The number of anilines is 2. The number of methoxy groups -OCH3 is 1. The summed E-state index contributed by atoms with van der Waals surface area (Å²) in [5.41, 5.74) is 1.96. The number of carbonyl (C=O) groups excluding carboxylic acids is 2. The molecule has 0 atom stereocenters. The van der Waals surface area contributed by atoms with Crippen molar-refractivity contribution >= 4 is 40.5 Å². The van der Waals surface area contributed by atoms with Crippen molar-refractivity contribution < 1.29 is 19.2 Å². The lowest BCUT2D eigenvalue weighted by Gasteiger charge is -2.30. The monoisotopic (exact) mass is 403 g/mol. The molecular weight excluding hydrogens is 386 g/mol. The minimum absolute atomic E-state index is 0.000836. The highest BCUT2D eigenvalue weighted by Crippen LogP contribution is 2.31. The topological polar surface area (TPSA) is 102 Å². The van der Waals surface area contributed by atoms with Crippen LogP contribution in [0.15, 0.2) is 36.4 Å². The van der Waals surface area contributed by atoms with Crippen molar-refractivity contribution in [2.24, 2.45) is 0 Å². The van der Waals surface area contributed by atoms with Gasteiger partial charge in [0.05, 0.1) is 15.5 Å². The summed E-state index contributed by atoms with van der Waals surface area (Å²) in [6.45, 7) is 0.544. The van der Waals surface area contributed by atoms with Gasteiger partial charge < -0.3 is 15.0 Å². The molecule has 2 aromatic rings. The molecule has 9 heteroatoms. The van der Waals surface area contributed by atoms with Crippen molar-refractivity contribution in [3.8, 4) is 0 Å². The molecule has 0 saturated heterocycles. The van der Waals surface area contributed by atoms with Crippen LogP contribution in [0.5, 0.6) is 0 Å². The number of benzene rings is 2. The standard InChI is InChI=1S/C19H18ClN3O5/c1-28-11-18(24)22-8-2-3-12-4-5-13(9-17(12)22)21-19(25)15-10-14(23(26)27)6-7-16(15)20/h4-7,9-10H,2-3,8,11H2,1H3,(H,21,25). The maximum Gasteiger partial charge on any atom is 0.270 e. The summed E-state index contributed by atoms with van der Waals surface area (Å²) >= 11 is 6.03. The molecular formula is C19H18ClN3O5. The second kappa shape index (κ2) is 8.37. The number of aryl methyl sites for hydroxylation is 1. The molecule has 1 heterocycles. The van der Waals surface area contributed by atoms with E-state index in [-0.39, 0.29) is 28.8 Å². The molecule has 0 fully saturated rings. The largest absolute Gasteiger partial charge is 0.375 e. The predicted molar refractivity (Wildman–Crippen MR) is 105 cm³/mol. The predicted octanol–water partition coefficient (Wildman–Crippen LogP) is 3.43. The smallest absolute Gasteiger partial charge is 0.270 e. The molecule has 1 N–H and O–H groups in total. The molecule has 0 aromatic heterocycles. The van der Waals surface area contributed by atoms with Crippen molar-refractivity contribution in [2.75, 3.05) is 30.5 Å². The Hall–Kier alpha value is -2.97. The van der Waals surface area contributed by atoms with Crippen LogP contribution < -0.4 is 10.2 Å². The number of ether oxygens (including phenoxy) is 1. The van der Waals surface area contributed by atoms with Gasteiger partial charge in [0, 0.05) is 37.2 Å². The van der Waals surface area contributed by atoms with Gasteiger partial charge in [0.2, 0.25) is 0 Å². The number of hydrogen-bond donors (Lipinski definition) is 1. The molecule has 0 aliphatic carbocycles. The highest BCUT2D eigenvalue weighted by atomic mass is 35.5. The first-order valence-corrected chi connectivity index (χ1v) is 8.96. The van der Waals surface area contributed by atoms with E-state index < -0.39 is 10.8 Å². The normalized spacial score (nSPS) is 13.0. The third kappa shape index (κ3) is 4.13. The number of nitro benzene ring substituents is 1. The zero-order valence-corrected chi connectivity index (χ0v) is 15.9. The van der Waals surface area contributed by atoms with Crippen molar-refractivity contribution in [1.29, 1.82) is 0 Å². The van der Waals surface area contributed by atoms with Crippen molar-refractivity contribution in [3.05, 3.63) is 62.7 Å². The van der Waals surface area contributed by atoms with Crippen LogP contribution in [0.25, 0.3) is 0 Å². The lowest BCUT2D eigenvalue weighted by molar-refractivity contribution is -0.384. The Bertz CT molecular complexity index is 947. The maximum atomic E-state index is 12.6. The molecule has 1 aliphatic rings. The van der Waals surface area contributed by atoms with E-state index in [4.69, 9.17) is 16.3 Å². The summed E-state index contributed by atoms with van der Waals surface area (Å²) in [6, 6.07) is 8.97. The van der Waals surface area contributed by atoms with Crippen LogP contribution in [0.4, 0.5) is 17.1 Å². The van der Waals surface area contributed by atoms with Crippen LogP contribution in [-0.4, -0.2) is 37.0 Å². The molecule has 3 rings (SSSR count). The van der Waals surface area contributed by atoms with Gasteiger partial charge >= 0.3 is 0 Å². The number of nitrogens with zero attached hydrogens (tertiary/aromatic N) is 2. The van der Waals surface area contributed by atoms with E-state index in [0.717, 1.165) is 30.2 Å². The summed E-state index contributed by atoms with van der Waals surface area (Å²) in [5, 5.41) is 13.7. The van der Waals surface area contributed by atoms with Gasteiger partial charge in [0.15, 0.2) is 0 Å². The number of hydrogen-bond acceptors (Lipinski definition) is 5. The van der Waals surface area contributed by atoms with E-state index in [1.54, 1.807) is 17.0 Å². The molecule has 2 aromatic carbocycles. The summed E-state index contributed by atoms with van der Waals surface area (Å²) in [7, 11) is 1.46. The van der Waals surface area contributed by atoms with E-state index in [1.165, 1.54) is 19.2 Å². The summed E-state index contributed by atoms with van der Waals surface area (Å²) in [5.74, 6) is -0.729. The van der Waals surface area contributed by atoms with Gasteiger partial charge in [-0.25, -0.2) is 0 Å². The molecule has 1 aliphatic heterocycles. The van der Waals surface area contributed by atoms with Crippen LogP contribution in [-0.2, 0) is 16.0 Å².